The van der Waals surface area contributed by atoms with E-state index in [1.165, 1.54) is 0 Å². The Morgan fingerprint density at radius 3 is 1.84 bits per heavy atom. The summed E-state index contributed by atoms with van der Waals surface area (Å²) in [6.45, 7) is 2.80. The maximum Gasteiger partial charge on any atom is 0.315 e. The molecule has 0 saturated carbocycles. The van der Waals surface area contributed by atoms with Crippen LogP contribution in [0.2, 0.25) is 0 Å². The minimum atomic E-state index is -0.499. The monoisotopic (exact) mass is 413 g/mol. The van der Waals surface area contributed by atoms with Gasteiger partial charge in [0, 0.05) is 13.1 Å². The second-order valence-electron chi connectivity index (χ2n) is 7.09. The van der Waals surface area contributed by atoms with E-state index < -0.39 is 5.97 Å². The van der Waals surface area contributed by atoms with Gasteiger partial charge in [0.1, 0.15) is 6.42 Å². The Hall–Kier alpha value is -3.66. The van der Waals surface area contributed by atoms with Crippen molar-refractivity contribution in [1.82, 2.24) is 4.90 Å². The number of nitrogens with zero attached hydrogens (tertiary/aromatic N) is 1. The van der Waals surface area contributed by atoms with Crippen LogP contribution in [0.4, 0.5) is 0 Å². The Balaban J connectivity index is 1.89. The lowest BCUT2D eigenvalue weighted by Gasteiger charge is -2.22. The summed E-state index contributed by atoms with van der Waals surface area (Å²) in [6, 6.07) is 30.0. The van der Waals surface area contributed by atoms with Gasteiger partial charge < -0.3 is 9.64 Å². The molecule has 0 heterocycles. The number of carbonyl (C=O) groups excluding carboxylic acids is 2. The summed E-state index contributed by atoms with van der Waals surface area (Å²) in [5.41, 5.74) is 4.20. The third-order valence-electron chi connectivity index (χ3n) is 4.86. The van der Waals surface area contributed by atoms with Crippen molar-refractivity contribution in [3.05, 3.63) is 114 Å². The summed E-state index contributed by atoms with van der Waals surface area (Å²) >= 11 is 0. The Kier molecular flexibility index (Phi) is 8.18. The minimum Gasteiger partial charge on any atom is -0.466 e. The summed E-state index contributed by atoms with van der Waals surface area (Å²) in [5, 5.41) is 0. The number of ether oxygens (including phenoxy) is 1. The molecule has 0 aromatic heterocycles. The first-order valence-corrected chi connectivity index (χ1v) is 10.5. The van der Waals surface area contributed by atoms with Crippen LogP contribution in [0.15, 0.2) is 97.1 Å². The number of rotatable bonds is 9. The average molecular weight is 414 g/mol. The molecule has 158 valence electrons. The van der Waals surface area contributed by atoms with Crippen LogP contribution in [-0.2, 0) is 20.9 Å². The van der Waals surface area contributed by atoms with Crippen LogP contribution in [0.3, 0.4) is 0 Å². The van der Waals surface area contributed by atoms with Crippen LogP contribution in [-0.4, -0.2) is 29.9 Å². The second kappa shape index (κ2) is 11.5. The zero-order chi connectivity index (χ0) is 21.9. The highest BCUT2D eigenvalue weighted by Crippen LogP contribution is 2.23. The fraction of sp³-hybridized carbons (Fsp3) is 0.185. The molecule has 3 rings (SSSR count). The highest BCUT2D eigenvalue weighted by atomic mass is 16.5. The molecule has 0 N–H and O–H groups in total. The van der Waals surface area contributed by atoms with Crippen molar-refractivity contribution < 1.29 is 14.3 Å². The van der Waals surface area contributed by atoms with Gasteiger partial charge in [0.05, 0.1) is 6.61 Å². The number of carbonyl (C=O) groups is 2. The maximum atomic E-state index is 12.9. The van der Waals surface area contributed by atoms with Gasteiger partial charge >= 0.3 is 5.97 Å². The highest BCUT2D eigenvalue weighted by molar-refractivity contribution is 5.94. The lowest BCUT2D eigenvalue weighted by molar-refractivity contribution is -0.148. The number of hydrogen-bond acceptors (Lipinski definition) is 3. The highest BCUT2D eigenvalue weighted by Gasteiger charge is 2.18. The van der Waals surface area contributed by atoms with E-state index in [1.807, 2.05) is 66.7 Å². The van der Waals surface area contributed by atoms with Crippen molar-refractivity contribution in [2.45, 2.75) is 19.9 Å². The SMILES string of the molecule is CCOC(=O)CC(=O)N(CC=C(c1ccccc1)c1ccccc1)Cc1ccccc1. The first-order valence-electron chi connectivity index (χ1n) is 10.5. The van der Waals surface area contributed by atoms with Crippen molar-refractivity contribution >= 4 is 17.4 Å². The quantitative estimate of drug-likeness (QED) is 0.362. The van der Waals surface area contributed by atoms with Crippen molar-refractivity contribution in [2.24, 2.45) is 0 Å². The summed E-state index contributed by atoms with van der Waals surface area (Å²) in [4.78, 5) is 26.5. The van der Waals surface area contributed by atoms with Crippen LogP contribution in [0.1, 0.15) is 30.0 Å². The van der Waals surface area contributed by atoms with Gasteiger partial charge in [0.15, 0.2) is 0 Å². The molecular weight excluding hydrogens is 386 g/mol. The van der Waals surface area contributed by atoms with Crippen LogP contribution < -0.4 is 0 Å². The summed E-state index contributed by atoms with van der Waals surface area (Å²) in [6.07, 6.45) is 1.79. The molecule has 0 unspecified atom stereocenters. The molecule has 0 radical (unpaired) electrons. The van der Waals surface area contributed by atoms with Crippen LogP contribution in [0, 0.1) is 0 Å². The normalized spacial score (nSPS) is 10.2. The number of hydrogen-bond donors (Lipinski definition) is 0. The fourth-order valence-corrected chi connectivity index (χ4v) is 3.34. The molecule has 3 aromatic carbocycles. The number of esters is 1. The molecule has 0 aliphatic carbocycles. The molecule has 0 spiro atoms. The molecule has 0 saturated heterocycles. The van der Waals surface area contributed by atoms with Crippen LogP contribution in [0.25, 0.3) is 5.57 Å². The zero-order valence-electron chi connectivity index (χ0n) is 17.7. The van der Waals surface area contributed by atoms with Crippen molar-refractivity contribution in [3.8, 4) is 0 Å². The van der Waals surface area contributed by atoms with Gasteiger partial charge in [0.2, 0.25) is 5.91 Å². The third-order valence-corrected chi connectivity index (χ3v) is 4.86. The minimum absolute atomic E-state index is 0.251. The molecule has 0 bridgehead atoms. The first-order chi connectivity index (χ1) is 15.2. The number of benzene rings is 3. The Morgan fingerprint density at radius 2 is 1.32 bits per heavy atom. The van der Waals surface area contributed by atoms with Gasteiger partial charge in [-0.1, -0.05) is 97.1 Å². The molecule has 4 heteroatoms. The largest absolute Gasteiger partial charge is 0.466 e. The third kappa shape index (κ3) is 6.68. The van der Waals surface area contributed by atoms with Gasteiger partial charge in [-0.25, -0.2) is 0 Å². The molecule has 1 amide bonds. The van der Waals surface area contributed by atoms with E-state index in [0.29, 0.717) is 13.1 Å². The Labute approximate surface area is 183 Å². The second-order valence-corrected chi connectivity index (χ2v) is 7.09. The van der Waals surface area contributed by atoms with E-state index in [0.717, 1.165) is 22.3 Å². The standard InChI is InChI=1S/C27H27NO3/c1-2-31-27(30)20-26(29)28(21-22-12-6-3-7-13-22)19-18-25(23-14-8-4-9-15-23)24-16-10-5-11-17-24/h3-18H,2,19-21H2,1H3. The average Bonchev–Trinajstić information content (AvgIpc) is 2.80. The molecule has 0 aliphatic heterocycles. The van der Waals surface area contributed by atoms with E-state index in [4.69, 9.17) is 4.74 Å². The molecular formula is C27H27NO3. The van der Waals surface area contributed by atoms with Crippen molar-refractivity contribution in [1.29, 1.82) is 0 Å². The molecule has 0 fully saturated rings. The zero-order valence-corrected chi connectivity index (χ0v) is 17.7. The van der Waals surface area contributed by atoms with E-state index in [9.17, 15) is 9.59 Å². The summed E-state index contributed by atoms with van der Waals surface area (Å²) < 4.78 is 4.98. The van der Waals surface area contributed by atoms with E-state index in [1.54, 1.807) is 11.8 Å². The lowest BCUT2D eigenvalue weighted by Crippen LogP contribution is -2.32. The molecule has 4 nitrogen and oxygen atoms in total. The van der Waals surface area contributed by atoms with Crippen molar-refractivity contribution in [3.63, 3.8) is 0 Å². The van der Waals surface area contributed by atoms with E-state index >= 15 is 0 Å². The fourth-order valence-electron chi connectivity index (χ4n) is 3.34. The van der Waals surface area contributed by atoms with Crippen LogP contribution in [0.5, 0.6) is 0 Å². The van der Waals surface area contributed by atoms with Crippen molar-refractivity contribution in [2.75, 3.05) is 13.2 Å². The smallest absolute Gasteiger partial charge is 0.315 e. The van der Waals surface area contributed by atoms with Crippen LogP contribution >= 0.6 is 0 Å². The van der Waals surface area contributed by atoms with Gasteiger partial charge in [0.25, 0.3) is 0 Å². The first kappa shape index (κ1) is 22.0. The van der Waals surface area contributed by atoms with E-state index in [2.05, 4.69) is 30.3 Å². The van der Waals surface area contributed by atoms with Gasteiger partial charge in [-0.05, 0) is 29.2 Å². The predicted octanol–water partition coefficient (Wildman–Crippen LogP) is 5.10. The maximum absolute atomic E-state index is 12.9. The van der Waals surface area contributed by atoms with Gasteiger partial charge in [-0.2, -0.15) is 0 Å². The molecule has 31 heavy (non-hydrogen) atoms. The summed E-state index contributed by atoms with van der Waals surface area (Å²) in [7, 11) is 0. The topological polar surface area (TPSA) is 46.6 Å². The molecule has 0 atom stereocenters. The summed E-state index contributed by atoms with van der Waals surface area (Å²) in [5.74, 6) is -0.750. The number of amides is 1. The van der Waals surface area contributed by atoms with E-state index in [-0.39, 0.29) is 18.9 Å². The molecule has 0 aliphatic rings. The van der Waals surface area contributed by atoms with Gasteiger partial charge in [-0.3, -0.25) is 9.59 Å². The Morgan fingerprint density at radius 1 is 0.806 bits per heavy atom. The Bertz CT molecular complexity index is 957. The lowest BCUT2D eigenvalue weighted by atomic mass is 9.97. The predicted molar refractivity (Wildman–Crippen MR) is 123 cm³/mol. The molecule has 3 aromatic rings. The van der Waals surface area contributed by atoms with Gasteiger partial charge in [-0.15, -0.1) is 0 Å².